The lowest BCUT2D eigenvalue weighted by Crippen LogP contribution is -2.30. The smallest absolute Gasteiger partial charge is 0.232 e. The first-order valence-corrected chi connectivity index (χ1v) is 8.02. The zero-order valence-corrected chi connectivity index (χ0v) is 14.4. The Morgan fingerprint density at radius 2 is 1.84 bits per heavy atom. The Morgan fingerprint density at radius 1 is 1.08 bits per heavy atom. The Hall–Kier alpha value is -2.82. The maximum absolute atomic E-state index is 14.7. The highest BCUT2D eigenvalue weighted by molar-refractivity contribution is 6.09. The van der Waals surface area contributed by atoms with Crippen LogP contribution in [0.25, 0.3) is 33.3 Å². The Kier molecular flexibility index (Phi) is 3.35. The summed E-state index contributed by atoms with van der Waals surface area (Å²) in [5, 5.41) is 0.829. The van der Waals surface area contributed by atoms with Gasteiger partial charge in [-0.15, -0.1) is 0 Å². The number of aryl methyl sites for hydroxylation is 3. The number of pyridine rings is 2. The van der Waals surface area contributed by atoms with Crippen LogP contribution in [0.3, 0.4) is 0 Å². The fourth-order valence-electron chi connectivity index (χ4n) is 3.23. The molecule has 0 bridgehead atoms. The zero-order chi connectivity index (χ0) is 17.9. The summed E-state index contributed by atoms with van der Waals surface area (Å²) in [4.78, 5) is 3.80. The van der Waals surface area contributed by atoms with E-state index in [-0.39, 0.29) is 16.7 Å². The minimum atomic E-state index is -0.844. The summed E-state index contributed by atoms with van der Waals surface area (Å²) in [6, 6.07) is 7.78. The van der Waals surface area contributed by atoms with Crippen LogP contribution in [0.2, 0.25) is 0 Å². The molecule has 0 spiro atoms. The molecule has 25 heavy (non-hydrogen) atoms. The third kappa shape index (κ3) is 2.22. The molecule has 1 aromatic carbocycles. The SMILES string of the molecule is Cc1cc[n+](C)c(-c2c(C)ccc3c2oc2nc(F)c(C)c(F)c23)c1. The Labute approximate surface area is 143 Å². The molecule has 3 heterocycles. The van der Waals surface area contributed by atoms with Crippen molar-refractivity contribution < 1.29 is 17.8 Å². The van der Waals surface area contributed by atoms with Gasteiger partial charge >= 0.3 is 0 Å². The molecule has 5 heteroatoms. The zero-order valence-electron chi connectivity index (χ0n) is 14.4. The molecule has 126 valence electrons. The summed E-state index contributed by atoms with van der Waals surface area (Å²) in [5.74, 6) is -1.46. The van der Waals surface area contributed by atoms with Gasteiger partial charge in [0.15, 0.2) is 11.8 Å². The van der Waals surface area contributed by atoms with E-state index < -0.39 is 11.8 Å². The Morgan fingerprint density at radius 3 is 2.60 bits per heavy atom. The van der Waals surface area contributed by atoms with Gasteiger partial charge in [-0.3, -0.25) is 0 Å². The summed E-state index contributed by atoms with van der Waals surface area (Å²) in [7, 11) is 1.94. The third-order valence-electron chi connectivity index (χ3n) is 4.67. The maximum atomic E-state index is 14.7. The van der Waals surface area contributed by atoms with Crippen LogP contribution in [0.15, 0.2) is 34.9 Å². The third-order valence-corrected chi connectivity index (χ3v) is 4.67. The first-order valence-electron chi connectivity index (χ1n) is 8.02. The molecule has 4 aromatic rings. The number of hydrogen-bond acceptors (Lipinski definition) is 2. The molecule has 0 atom stereocenters. The van der Waals surface area contributed by atoms with Crippen LogP contribution < -0.4 is 4.57 Å². The van der Waals surface area contributed by atoms with Crippen molar-refractivity contribution in [2.24, 2.45) is 7.05 Å². The van der Waals surface area contributed by atoms with Gasteiger partial charge in [-0.2, -0.15) is 9.37 Å². The van der Waals surface area contributed by atoms with E-state index in [9.17, 15) is 8.78 Å². The Bertz CT molecular complexity index is 1160. The predicted octanol–water partition coefficient (Wildman–Crippen LogP) is 4.68. The van der Waals surface area contributed by atoms with Crippen LogP contribution in [-0.2, 0) is 7.05 Å². The molecule has 0 N–H and O–H groups in total. The molecule has 0 unspecified atom stereocenters. The van der Waals surface area contributed by atoms with E-state index in [1.165, 1.54) is 6.92 Å². The minimum Gasteiger partial charge on any atom is -0.437 e. The van der Waals surface area contributed by atoms with Gasteiger partial charge < -0.3 is 4.42 Å². The first kappa shape index (κ1) is 15.7. The molecular weight excluding hydrogens is 322 g/mol. The largest absolute Gasteiger partial charge is 0.437 e. The van der Waals surface area contributed by atoms with Crippen LogP contribution in [0, 0.1) is 32.5 Å². The van der Waals surface area contributed by atoms with Crippen molar-refractivity contribution in [2.75, 3.05) is 0 Å². The number of fused-ring (bicyclic) bond motifs is 3. The maximum Gasteiger partial charge on any atom is 0.232 e. The first-order chi connectivity index (χ1) is 11.9. The topological polar surface area (TPSA) is 29.9 Å². The molecule has 0 amide bonds. The molecule has 0 saturated heterocycles. The monoisotopic (exact) mass is 339 g/mol. The molecule has 0 fully saturated rings. The second kappa shape index (κ2) is 5.34. The van der Waals surface area contributed by atoms with Gasteiger partial charge in [-0.25, -0.2) is 8.96 Å². The number of benzene rings is 1. The van der Waals surface area contributed by atoms with E-state index in [2.05, 4.69) is 4.98 Å². The van der Waals surface area contributed by atoms with Crippen LogP contribution in [0.1, 0.15) is 16.7 Å². The van der Waals surface area contributed by atoms with Crippen LogP contribution in [0.5, 0.6) is 0 Å². The highest BCUT2D eigenvalue weighted by Gasteiger charge is 2.24. The molecule has 0 saturated carbocycles. The molecule has 0 aliphatic carbocycles. The lowest BCUT2D eigenvalue weighted by Gasteiger charge is -2.06. The predicted molar refractivity (Wildman–Crippen MR) is 92.3 cm³/mol. The second-order valence-corrected chi connectivity index (χ2v) is 6.46. The van der Waals surface area contributed by atoms with Gasteiger partial charge in [-0.05, 0) is 31.9 Å². The van der Waals surface area contributed by atoms with E-state index in [1.807, 2.05) is 49.9 Å². The highest BCUT2D eigenvalue weighted by Crippen LogP contribution is 2.38. The summed E-state index contributed by atoms with van der Waals surface area (Å²) in [5.41, 5.74) is 4.31. The van der Waals surface area contributed by atoms with E-state index in [1.54, 1.807) is 6.07 Å². The van der Waals surface area contributed by atoms with Gasteiger partial charge in [-0.1, -0.05) is 12.1 Å². The van der Waals surface area contributed by atoms with Crippen LogP contribution in [-0.4, -0.2) is 4.98 Å². The second-order valence-electron chi connectivity index (χ2n) is 6.46. The number of aromatic nitrogens is 2. The number of hydrogen-bond donors (Lipinski definition) is 0. The Balaban J connectivity index is 2.19. The average Bonchev–Trinajstić information content (AvgIpc) is 2.93. The van der Waals surface area contributed by atoms with Gasteiger partial charge in [0.25, 0.3) is 0 Å². The standard InChI is InChI=1S/C20H17F2N2O/c1-10-7-8-24(4)14(9-10)15-11(2)5-6-13-16-17(21)12(3)19(22)23-20(16)25-18(13)15/h5-9H,1-4H3/q+1. The van der Waals surface area contributed by atoms with Gasteiger partial charge in [0.1, 0.15) is 12.9 Å². The van der Waals surface area contributed by atoms with Crippen molar-refractivity contribution in [1.29, 1.82) is 0 Å². The molecule has 0 radical (unpaired) electrons. The van der Waals surface area contributed by atoms with Gasteiger partial charge in [0.2, 0.25) is 17.4 Å². The summed E-state index contributed by atoms with van der Waals surface area (Å²) in [6.07, 6.45) is 1.97. The molecular formula is C20H17F2N2O+. The fraction of sp³-hybridized carbons (Fsp3) is 0.200. The summed E-state index contributed by atoms with van der Waals surface area (Å²) >= 11 is 0. The number of furan rings is 1. The average molecular weight is 339 g/mol. The molecule has 0 aliphatic rings. The molecule has 4 rings (SSSR count). The van der Waals surface area contributed by atoms with Gasteiger partial charge in [0.05, 0.1) is 10.9 Å². The fourth-order valence-corrected chi connectivity index (χ4v) is 3.23. The van der Waals surface area contributed by atoms with Crippen LogP contribution >= 0.6 is 0 Å². The molecule has 3 aromatic heterocycles. The van der Waals surface area contributed by atoms with Crippen molar-refractivity contribution in [3.63, 3.8) is 0 Å². The quantitative estimate of drug-likeness (QED) is 0.372. The van der Waals surface area contributed by atoms with Gasteiger partial charge in [0, 0.05) is 23.1 Å². The van der Waals surface area contributed by atoms with Crippen molar-refractivity contribution in [3.8, 4) is 11.3 Å². The molecule has 0 aliphatic heterocycles. The lowest BCUT2D eigenvalue weighted by molar-refractivity contribution is -0.660. The highest BCUT2D eigenvalue weighted by atomic mass is 19.1. The van der Waals surface area contributed by atoms with Crippen molar-refractivity contribution in [3.05, 3.63) is 58.9 Å². The minimum absolute atomic E-state index is 0.0160. The summed E-state index contributed by atoms with van der Waals surface area (Å²) < 4.78 is 36.3. The van der Waals surface area contributed by atoms with E-state index >= 15 is 0 Å². The van der Waals surface area contributed by atoms with E-state index in [0.29, 0.717) is 11.0 Å². The van der Waals surface area contributed by atoms with Crippen LogP contribution in [0.4, 0.5) is 8.78 Å². The summed E-state index contributed by atoms with van der Waals surface area (Å²) in [6.45, 7) is 5.36. The molecule has 3 nitrogen and oxygen atoms in total. The van der Waals surface area contributed by atoms with E-state index in [0.717, 1.165) is 22.4 Å². The van der Waals surface area contributed by atoms with E-state index in [4.69, 9.17) is 4.42 Å². The lowest BCUT2D eigenvalue weighted by atomic mass is 10.00. The number of rotatable bonds is 1. The van der Waals surface area contributed by atoms with Crippen molar-refractivity contribution in [2.45, 2.75) is 20.8 Å². The normalized spacial score (nSPS) is 11.6. The van der Waals surface area contributed by atoms with Crippen molar-refractivity contribution in [1.82, 2.24) is 4.98 Å². The number of halogens is 2. The van der Waals surface area contributed by atoms with Crippen molar-refractivity contribution >= 4 is 22.1 Å². The number of nitrogens with zero attached hydrogens (tertiary/aromatic N) is 2.